The van der Waals surface area contributed by atoms with Crippen LogP contribution in [0, 0.1) is 17.6 Å². The summed E-state index contributed by atoms with van der Waals surface area (Å²) in [5, 5.41) is 23.1. The molecule has 268 valence electrons. The Kier molecular flexibility index (Phi) is 10.8. The lowest BCUT2D eigenvalue weighted by Gasteiger charge is -2.44. The van der Waals surface area contributed by atoms with E-state index in [0.717, 1.165) is 43.0 Å². The topological polar surface area (TPSA) is 115 Å². The zero-order chi connectivity index (χ0) is 36.4. The molecule has 3 fully saturated rings. The van der Waals surface area contributed by atoms with Gasteiger partial charge in [0.15, 0.2) is 11.5 Å². The Labute approximate surface area is 303 Å². The predicted octanol–water partition coefficient (Wildman–Crippen LogP) is 5.79. The number of carboxylic acids is 1. The van der Waals surface area contributed by atoms with Gasteiger partial charge in [-0.15, -0.1) is 0 Å². The third-order valence-electron chi connectivity index (χ3n) is 9.65. The molecule has 14 heteroatoms. The summed E-state index contributed by atoms with van der Waals surface area (Å²) in [6, 6.07) is 12.4. The Hall–Kier alpha value is -4.65. The molecule has 3 aliphatic heterocycles. The van der Waals surface area contributed by atoms with Gasteiger partial charge in [-0.25, -0.2) is 13.6 Å². The van der Waals surface area contributed by atoms with Gasteiger partial charge in [-0.1, -0.05) is 47.5 Å². The Morgan fingerprint density at radius 2 is 1.73 bits per heavy atom. The highest BCUT2D eigenvalue weighted by atomic mass is 35.5. The fourth-order valence-electron chi connectivity index (χ4n) is 7.09. The molecule has 51 heavy (non-hydrogen) atoms. The minimum atomic E-state index is -1.51. The van der Waals surface area contributed by atoms with Crippen LogP contribution in [0.15, 0.2) is 67.0 Å². The maximum absolute atomic E-state index is 15.5. The number of fused-ring (bicyclic) bond motifs is 3. The van der Waals surface area contributed by atoms with Crippen molar-refractivity contribution >= 4 is 41.0 Å². The van der Waals surface area contributed by atoms with Crippen molar-refractivity contribution in [3.63, 3.8) is 0 Å². The number of carbonyl (C=O) groups excluding carboxylic acids is 2. The number of benzene rings is 3. The summed E-state index contributed by atoms with van der Waals surface area (Å²) in [4.78, 5) is 30.1. The molecule has 2 atom stereocenters. The van der Waals surface area contributed by atoms with Crippen LogP contribution in [0.5, 0.6) is 11.5 Å². The molecule has 4 aromatic rings. The SMILES string of the molecule is COc1ccc([C@H](Cc2c(Cl)c[n+](O)cc2Cl)c2c(CN(C(=O)O[C@H]3CN4CCC3CC4)c3ccc(F)cc3F)cccc2C(=O)[O-])cc1OC. The Morgan fingerprint density at radius 1 is 1.02 bits per heavy atom. The molecule has 3 aliphatic rings. The number of amides is 1. The first kappa shape index (κ1) is 36.2. The number of methoxy groups -OCH3 is 2. The lowest BCUT2D eigenvalue weighted by atomic mass is 9.80. The molecule has 7 rings (SSSR count). The number of nitrogens with zero attached hydrogens (tertiary/aromatic N) is 3. The minimum Gasteiger partial charge on any atom is -0.545 e. The van der Waals surface area contributed by atoms with Gasteiger partial charge in [0.1, 0.15) is 27.8 Å². The number of ether oxygens (including phenoxy) is 3. The highest BCUT2D eigenvalue weighted by Crippen LogP contribution is 2.41. The first-order valence-electron chi connectivity index (χ1n) is 16.3. The Bertz CT molecular complexity index is 1930. The number of hydrogen-bond donors (Lipinski definition) is 1. The molecule has 0 aliphatic carbocycles. The van der Waals surface area contributed by atoms with Crippen molar-refractivity contribution in [2.24, 2.45) is 5.92 Å². The van der Waals surface area contributed by atoms with Crippen molar-refractivity contribution in [2.45, 2.75) is 37.8 Å². The van der Waals surface area contributed by atoms with E-state index in [1.165, 1.54) is 38.7 Å². The smallest absolute Gasteiger partial charge is 0.415 e. The van der Waals surface area contributed by atoms with Gasteiger partial charge < -0.3 is 24.1 Å². The molecule has 0 saturated carbocycles. The van der Waals surface area contributed by atoms with Gasteiger partial charge >= 0.3 is 6.09 Å². The Morgan fingerprint density at radius 3 is 2.33 bits per heavy atom. The predicted molar refractivity (Wildman–Crippen MR) is 182 cm³/mol. The summed E-state index contributed by atoms with van der Waals surface area (Å²) < 4.78 is 47.4. The van der Waals surface area contributed by atoms with Crippen molar-refractivity contribution in [2.75, 3.05) is 38.8 Å². The fraction of sp³-hybridized carbons (Fsp3) is 0.324. The van der Waals surface area contributed by atoms with Crippen LogP contribution in [0.4, 0.5) is 19.3 Å². The third-order valence-corrected chi connectivity index (χ3v) is 10.3. The first-order chi connectivity index (χ1) is 24.5. The van der Waals surface area contributed by atoms with E-state index in [1.807, 2.05) is 0 Å². The number of halogens is 4. The molecule has 2 bridgehead atoms. The van der Waals surface area contributed by atoms with Gasteiger partial charge in [-0.3, -0.25) is 15.0 Å². The normalized spacial score (nSPS) is 18.6. The number of carbonyl (C=O) groups is 2. The van der Waals surface area contributed by atoms with E-state index >= 15 is 4.39 Å². The molecule has 3 aromatic carbocycles. The fourth-order valence-corrected chi connectivity index (χ4v) is 7.70. The number of aromatic nitrogens is 1. The van der Waals surface area contributed by atoms with Crippen molar-refractivity contribution < 1.29 is 47.6 Å². The molecular weight excluding hydrogens is 707 g/mol. The second-order valence-electron chi connectivity index (χ2n) is 12.6. The standard InChI is InChI=1S/C37H35Cl2F2N3O7/c1-49-32-9-6-22(14-33(32)50-2)26(16-27-28(38)18-43(48)19-29(27)39)35-23(4-3-5-25(35)36(45)46)17-44(31-8-7-24(40)15-30(31)41)37(47)51-34-20-42-12-10-21(34)11-13-42/h3-9,14-15,18-19,21,26,34H,10-13,16-17,20H2,1-2H3,(H-,45,46,48)/t26-,34-/m0/s1. The van der Waals surface area contributed by atoms with Crippen LogP contribution in [-0.2, 0) is 17.7 Å². The molecular formula is C37H35Cl2F2N3O7. The molecule has 10 nitrogen and oxygen atoms in total. The first-order valence-corrected chi connectivity index (χ1v) is 17.0. The number of pyridine rings is 1. The van der Waals surface area contributed by atoms with E-state index in [1.54, 1.807) is 24.3 Å². The Balaban J connectivity index is 1.50. The van der Waals surface area contributed by atoms with Crippen molar-refractivity contribution in [1.29, 1.82) is 0 Å². The lowest BCUT2D eigenvalue weighted by Crippen LogP contribution is -2.53. The summed E-state index contributed by atoms with van der Waals surface area (Å²) >= 11 is 13.1. The summed E-state index contributed by atoms with van der Waals surface area (Å²) in [6.07, 6.45) is 2.89. The van der Waals surface area contributed by atoms with Crippen LogP contribution < -0.4 is 24.2 Å². The lowest BCUT2D eigenvalue weighted by molar-refractivity contribution is -0.904. The van der Waals surface area contributed by atoms with Gasteiger partial charge in [0.05, 0.1) is 32.4 Å². The van der Waals surface area contributed by atoms with E-state index in [-0.39, 0.29) is 45.7 Å². The number of hydrogen-bond acceptors (Lipinski definition) is 8. The average Bonchev–Trinajstić information content (AvgIpc) is 3.11. The number of aromatic carboxylic acids is 1. The van der Waals surface area contributed by atoms with Crippen LogP contribution in [0.1, 0.15) is 51.4 Å². The van der Waals surface area contributed by atoms with E-state index < -0.39 is 35.7 Å². The summed E-state index contributed by atoms with van der Waals surface area (Å²) in [5.74, 6) is -3.29. The van der Waals surface area contributed by atoms with Crippen LogP contribution in [0.25, 0.3) is 0 Å². The summed E-state index contributed by atoms with van der Waals surface area (Å²) in [6.45, 7) is 1.98. The zero-order valence-corrected chi connectivity index (χ0v) is 29.3. The maximum atomic E-state index is 15.5. The van der Waals surface area contributed by atoms with Crippen molar-refractivity contribution in [3.05, 3.63) is 116 Å². The van der Waals surface area contributed by atoms with Gasteiger partial charge in [0.2, 0.25) is 12.4 Å². The number of piperidine rings is 3. The molecule has 1 N–H and O–H groups in total. The largest absolute Gasteiger partial charge is 0.545 e. The molecule has 0 unspecified atom stereocenters. The molecule has 1 aromatic heterocycles. The monoisotopic (exact) mass is 741 g/mol. The van der Waals surface area contributed by atoms with Crippen molar-refractivity contribution in [1.82, 2.24) is 4.90 Å². The number of anilines is 1. The van der Waals surface area contributed by atoms with Crippen LogP contribution in [0.3, 0.4) is 0 Å². The molecule has 1 amide bonds. The second-order valence-corrected chi connectivity index (χ2v) is 13.4. The highest BCUT2D eigenvalue weighted by molar-refractivity contribution is 6.35. The van der Waals surface area contributed by atoms with Crippen LogP contribution in [0.2, 0.25) is 10.0 Å². The molecule has 0 spiro atoms. The van der Waals surface area contributed by atoms with Gasteiger partial charge in [-0.2, -0.15) is 0 Å². The second kappa shape index (κ2) is 15.3. The maximum Gasteiger partial charge on any atom is 0.415 e. The average molecular weight is 743 g/mol. The number of carboxylic acid groups (broad SMARTS) is 1. The van der Waals surface area contributed by atoms with E-state index in [2.05, 4.69) is 4.90 Å². The third kappa shape index (κ3) is 7.68. The number of rotatable bonds is 11. The van der Waals surface area contributed by atoms with E-state index in [4.69, 9.17) is 37.4 Å². The van der Waals surface area contributed by atoms with Gasteiger partial charge in [0.25, 0.3) is 0 Å². The highest BCUT2D eigenvalue weighted by Gasteiger charge is 2.38. The zero-order valence-electron chi connectivity index (χ0n) is 27.8. The molecule has 0 radical (unpaired) electrons. The van der Waals surface area contributed by atoms with E-state index in [0.29, 0.717) is 45.5 Å². The summed E-state index contributed by atoms with van der Waals surface area (Å²) in [7, 11) is 2.93. The van der Waals surface area contributed by atoms with Crippen LogP contribution in [-0.4, -0.2) is 62.1 Å². The minimum absolute atomic E-state index is 0.000226. The van der Waals surface area contributed by atoms with Crippen molar-refractivity contribution in [3.8, 4) is 11.5 Å². The molecule has 4 heterocycles. The summed E-state index contributed by atoms with van der Waals surface area (Å²) in [5.41, 5.74) is 0.970. The quantitative estimate of drug-likeness (QED) is 0.152. The van der Waals surface area contributed by atoms with Gasteiger partial charge in [0, 0.05) is 34.4 Å². The van der Waals surface area contributed by atoms with Gasteiger partial charge in [-0.05, 0) is 79.2 Å². The molecule has 3 saturated heterocycles. The van der Waals surface area contributed by atoms with E-state index in [9.17, 15) is 24.3 Å². The van der Waals surface area contributed by atoms with Crippen LogP contribution >= 0.6 is 23.2 Å².